The van der Waals surface area contributed by atoms with Gasteiger partial charge in [0.15, 0.2) is 11.6 Å². The van der Waals surface area contributed by atoms with E-state index < -0.39 is 0 Å². The summed E-state index contributed by atoms with van der Waals surface area (Å²) >= 11 is 0. The smallest absolute Gasteiger partial charge is 0.244 e. The van der Waals surface area contributed by atoms with Gasteiger partial charge in [0.05, 0.1) is 5.69 Å². The Kier molecular flexibility index (Phi) is 2.19. The fourth-order valence-corrected chi connectivity index (χ4v) is 1.83. The van der Waals surface area contributed by atoms with Crippen LogP contribution >= 0.6 is 0 Å². The van der Waals surface area contributed by atoms with E-state index in [-0.39, 0.29) is 23.2 Å². The number of fused-ring (bicyclic) bond motifs is 1. The van der Waals surface area contributed by atoms with E-state index in [0.29, 0.717) is 16.6 Å². The number of benzene rings is 1. The molecule has 0 saturated carbocycles. The van der Waals surface area contributed by atoms with Gasteiger partial charge in [-0.3, -0.25) is 4.79 Å². The molecule has 5 heteroatoms. The molecular weight excluding hydrogens is 235 g/mol. The van der Waals surface area contributed by atoms with Crippen LogP contribution in [-0.2, 0) is 0 Å². The molecule has 0 radical (unpaired) electrons. The Balaban J connectivity index is 2.06. The molecule has 0 bridgehead atoms. The number of nitrogens with two attached hydrogens (primary N) is 1. The predicted octanol–water partition coefficient (Wildman–Crippen LogP) is 2.71. The lowest BCUT2D eigenvalue weighted by atomic mass is 10.2. The van der Waals surface area contributed by atoms with Crippen LogP contribution in [0.25, 0.3) is 10.9 Å². The number of carbonyl (C=O) groups excluding carboxylic acids is 1. The first-order valence-corrected chi connectivity index (χ1v) is 5.32. The molecule has 0 aliphatic carbocycles. The molecule has 2 aromatic heterocycles. The van der Waals surface area contributed by atoms with E-state index in [1.807, 2.05) is 0 Å². The highest BCUT2D eigenvalue weighted by Crippen LogP contribution is 2.20. The number of carbonyl (C=O) groups is 1. The minimum atomic E-state index is -0.345. The third-order valence-corrected chi connectivity index (χ3v) is 2.68. The van der Waals surface area contributed by atoms with Crippen molar-refractivity contribution in [2.45, 2.75) is 0 Å². The molecule has 0 aliphatic rings. The summed E-state index contributed by atoms with van der Waals surface area (Å²) in [5, 5.41) is 0.637. The SMILES string of the molecule is Nc1ccc(C(=O)c2cc3cc(F)ccc3[nH]2)o1. The molecule has 3 N–H and O–H groups in total. The quantitative estimate of drug-likeness (QED) is 0.681. The second-order valence-electron chi connectivity index (χ2n) is 3.95. The number of aromatic amines is 1. The van der Waals surface area contributed by atoms with Crippen molar-refractivity contribution in [2.24, 2.45) is 0 Å². The van der Waals surface area contributed by atoms with Crippen LogP contribution in [0.15, 0.2) is 40.8 Å². The van der Waals surface area contributed by atoms with Crippen molar-refractivity contribution in [1.29, 1.82) is 0 Å². The van der Waals surface area contributed by atoms with Crippen molar-refractivity contribution < 1.29 is 13.6 Å². The zero-order valence-corrected chi connectivity index (χ0v) is 9.24. The summed E-state index contributed by atoms with van der Waals surface area (Å²) in [7, 11) is 0. The number of halogens is 1. The number of furan rings is 1. The number of anilines is 1. The average molecular weight is 244 g/mol. The van der Waals surface area contributed by atoms with E-state index in [1.165, 1.54) is 24.3 Å². The van der Waals surface area contributed by atoms with Crippen LogP contribution in [0.3, 0.4) is 0 Å². The zero-order valence-electron chi connectivity index (χ0n) is 9.24. The van der Waals surface area contributed by atoms with Gasteiger partial charge in [0.1, 0.15) is 5.82 Å². The maximum Gasteiger partial charge on any atom is 0.244 e. The number of nitrogens with one attached hydrogen (secondary N) is 1. The summed E-state index contributed by atoms with van der Waals surface area (Å²) in [6.45, 7) is 0. The predicted molar refractivity (Wildman–Crippen MR) is 64.8 cm³/mol. The van der Waals surface area contributed by atoms with Crippen LogP contribution in [0.4, 0.5) is 10.3 Å². The first-order chi connectivity index (χ1) is 8.63. The van der Waals surface area contributed by atoms with E-state index in [0.717, 1.165) is 0 Å². The highest BCUT2D eigenvalue weighted by Gasteiger charge is 2.15. The molecular formula is C13H9FN2O2. The molecule has 3 aromatic rings. The highest BCUT2D eigenvalue weighted by molar-refractivity contribution is 6.08. The highest BCUT2D eigenvalue weighted by atomic mass is 19.1. The summed E-state index contributed by atoms with van der Waals surface area (Å²) in [6.07, 6.45) is 0. The van der Waals surface area contributed by atoms with Crippen LogP contribution in [0, 0.1) is 5.82 Å². The van der Waals surface area contributed by atoms with E-state index in [1.54, 1.807) is 12.1 Å². The largest absolute Gasteiger partial charge is 0.437 e. The molecule has 0 fully saturated rings. The first kappa shape index (κ1) is 10.6. The molecule has 18 heavy (non-hydrogen) atoms. The third kappa shape index (κ3) is 1.66. The molecule has 1 aromatic carbocycles. The maximum absolute atomic E-state index is 13.0. The standard InChI is InChI=1S/C13H9FN2O2/c14-8-1-2-9-7(5-8)6-10(16-9)13(17)11-3-4-12(15)18-11/h1-6,16H,15H2. The fourth-order valence-electron chi connectivity index (χ4n) is 1.83. The van der Waals surface area contributed by atoms with Crippen LogP contribution in [0.1, 0.15) is 16.2 Å². The molecule has 3 rings (SSSR count). The van der Waals surface area contributed by atoms with Gasteiger partial charge in [-0.05, 0) is 30.3 Å². The van der Waals surface area contributed by atoms with Crippen molar-refractivity contribution in [3.63, 3.8) is 0 Å². The summed E-state index contributed by atoms with van der Waals surface area (Å²) in [5.74, 6) is -0.328. The second kappa shape index (κ2) is 3.73. The molecule has 0 atom stereocenters. The minimum Gasteiger partial charge on any atom is -0.437 e. The monoisotopic (exact) mass is 244 g/mol. The molecule has 0 saturated heterocycles. The van der Waals surface area contributed by atoms with Crippen molar-refractivity contribution in [3.05, 3.63) is 53.7 Å². The van der Waals surface area contributed by atoms with Crippen molar-refractivity contribution >= 4 is 22.6 Å². The van der Waals surface area contributed by atoms with Gasteiger partial charge in [-0.15, -0.1) is 0 Å². The molecule has 90 valence electrons. The topological polar surface area (TPSA) is 72.0 Å². The lowest BCUT2D eigenvalue weighted by Gasteiger charge is -1.92. The number of ketones is 1. The Morgan fingerprint density at radius 3 is 2.78 bits per heavy atom. The Morgan fingerprint density at radius 1 is 1.22 bits per heavy atom. The molecule has 4 nitrogen and oxygen atoms in total. The molecule has 0 aliphatic heterocycles. The van der Waals surface area contributed by atoms with Gasteiger partial charge >= 0.3 is 0 Å². The van der Waals surface area contributed by atoms with Gasteiger partial charge < -0.3 is 15.1 Å². The van der Waals surface area contributed by atoms with Crippen molar-refractivity contribution in [2.75, 3.05) is 5.73 Å². The Labute approximate surface area is 101 Å². The van der Waals surface area contributed by atoms with Gasteiger partial charge in [-0.1, -0.05) is 0 Å². The molecule has 0 unspecified atom stereocenters. The molecule has 2 heterocycles. The minimum absolute atomic E-state index is 0.152. The second-order valence-corrected chi connectivity index (χ2v) is 3.95. The zero-order chi connectivity index (χ0) is 12.7. The Morgan fingerprint density at radius 2 is 2.06 bits per heavy atom. The van der Waals surface area contributed by atoms with Gasteiger partial charge in [-0.2, -0.15) is 0 Å². The number of hydrogen-bond donors (Lipinski definition) is 2. The number of rotatable bonds is 2. The normalized spacial score (nSPS) is 10.9. The van der Waals surface area contributed by atoms with Gasteiger partial charge in [0.2, 0.25) is 5.78 Å². The van der Waals surface area contributed by atoms with E-state index >= 15 is 0 Å². The summed E-state index contributed by atoms with van der Waals surface area (Å²) < 4.78 is 18.1. The van der Waals surface area contributed by atoms with Crippen LogP contribution in [0.5, 0.6) is 0 Å². The van der Waals surface area contributed by atoms with E-state index in [2.05, 4.69) is 4.98 Å². The first-order valence-electron chi connectivity index (χ1n) is 5.32. The Bertz CT molecular complexity index is 742. The van der Waals surface area contributed by atoms with Gasteiger partial charge in [0, 0.05) is 17.0 Å². The summed E-state index contributed by atoms with van der Waals surface area (Å²) in [6, 6.07) is 8.87. The van der Waals surface area contributed by atoms with Crippen LogP contribution in [-0.4, -0.2) is 10.8 Å². The van der Waals surface area contributed by atoms with Crippen LogP contribution < -0.4 is 5.73 Å². The van der Waals surface area contributed by atoms with Crippen molar-refractivity contribution in [1.82, 2.24) is 4.98 Å². The van der Waals surface area contributed by atoms with Crippen LogP contribution in [0.2, 0.25) is 0 Å². The Hall–Kier alpha value is -2.56. The van der Waals surface area contributed by atoms with E-state index in [9.17, 15) is 9.18 Å². The lowest BCUT2D eigenvalue weighted by molar-refractivity contribution is 0.101. The summed E-state index contributed by atoms with van der Waals surface area (Å²) in [5.41, 5.74) is 6.44. The number of hydrogen-bond acceptors (Lipinski definition) is 3. The summed E-state index contributed by atoms with van der Waals surface area (Å²) in [4.78, 5) is 15.0. The molecule has 0 amide bonds. The lowest BCUT2D eigenvalue weighted by Crippen LogP contribution is -1.99. The third-order valence-electron chi connectivity index (χ3n) is 2.68. The molecule has 0 spiro atoms. The van der Waals surface area contributed by atoms with Gasteiger partial charge in [0.25, 0.3) is 0 Å². The van der Waals surface area contributed by atoms with Crippen molar-refractivity contribution in [3.8, 4) is 0 Å². The number of aromatic nitrogens is 1. The van der Waals surface area contributed by atoms with Gasteiger partial charge in [-0.25, -0.2) is 4.39 Å². The number of nitrogen functional groups attached to an aromatic ring is 1. The maximum atomic E-state index is 13.0. The number of H-pyrrole nitrogens is 1. The average Bonchev–Trinajstić information content (AvgIpc) is 2.93. The fraction of sp³-hybridized carbons (Fsp3) is 0. The van der Waals surface area contributed by atoms with E-state index in [4.69, 9.17) is 10.2 Å².